The van der Waals surface area contributed by atoms with Crippen molar-refractivity contribution in [2.75, 3.05) is 13.1 Å². The van der Waals surface area contributed by atoms with E-state index in [0.717, 1.165) is 31.5 Å². The zero-order valence-electron chi connectivity index (χ0n) is 13.5. The van der Waals surface area contributed by atoms with E-state index in [4.69, 9.17) is 0 Å². The first kappa shape index (κ1) is 15.3. The summed E-state index contributed by atoms with van der Waals surface area (Å²) in [6.07, 6.45) is 2.64. The van der Waals surface area contributed by atoms with Gasteiger partial charge in [-0.3, -0.25) is 19.7 Å². The lowest BCUT2D eigenvalue weighted by Crippen LogP contribution is -2.48. The van der Waals surface area contributed by atoms with Gasteiger partial charge in [-0.25, -0.2) is 0 Å². The van der Waals surface area contributed by atoms with Crippen molar-refractivity contribution in [3.63, 3.8) is 0 Å². The molecule has 0 aromatic heterocycles. The molecule has 2 saturated heterocycles. The topological polar surface area (TPSA) is 78.5 Å². The lowest BCUT2D eigenvalue weighted by Gasteiger charge is -2.29. The van der Waals surface area contributed by atoms with Crippen molar-refractivity contribution in [3.8, 4) is 0 Å². The molecule has 1 aromatic rings. The van der Waals surface area contributed by atoms with Crippen molar-refractivity contribution >= 4 is 17.7 Å². The first-order valence-electron chi connectivity index (χ1n) is 8.59. The Balaban J connectivity index is 1.55. The molecule has 0 radical (unpaired) electrons. The second-order valence-corrected chi connectivity index (χ2v) is 6.91. The number of carbonyl (C=O) groups is 3. The highest BCUT2D eigenvalue weighted by molar-refractivity contribution is 6.02. The molecule has 3 amide bonds. The summed E-state index contributed by atoms with van der Waals surface area (Å²) < 4.78 is 0. The molecule has 0 unspecified atom stereocenters. The number of nitrogens with one attached hydrogen (secondary N) is 2. The van der Waals surface area contributed by atoms with Gasteiger partial charge in [-0.2, -0.15) is 0 Å². The summed E-state index contributed by atoms with van der Waals surface area (Å²) in [5, 5.41) is 5.67. The fourth-order valence-electron chi connectivity index (χ4n) is 4.05. The van der Waals surface area contributed by atoms with Crippen LogP contribution in [0.15, 0.2) is 18.2 Å². The van der Waals surface area contributed by atoms with Crippen molar-refractivity contribution in [3.05, 3.63) is 34.9 Å². The number of hydrogen-bond acceptors (Lipinski definition) is 4. The minimum atomic E-state index is -0.325. The molecule has 3 aliphatic rings. The van der Waals surface area contributed by atoms with Crippen molar-refractivity contribution in [2.45, 2.75) is 44.2 Å². The van der Waals surface area contributed by atoms with Crippen LogP contribution in [0, 0.1) is 0 Å². The van der Waals surface area contributed by atoms with Crippen molar-refractivity contribution in [1.82, 2.24) is 15.5 Å². The van der Waals surface area contributed by atoms with E-state index in [9.17, 15) is 14.4 Å². The third kappa shape index (κ3) is 2.71. The van der Waals surface area contributed by atoms with Crippen LogP contribution >= 0.6 is 0 Å². The second-order valence-electron chi connectivity index (χ2n) is 6.91. The van der Waals surface area contributed by atoms with Crippen molar-refractivity contribution < 1.29 is 14.4 Å². The van der Waals surface area contributed by atoms with Gasteiger partial charge in [0.1, 0.15) is 0 Å². The molecule has 2 fully saturated rings. The van der Waals surface area contributed by atoms with E-state index >= 15 is 0 Å². The molecular weight excluding hydrogens is 306 g/mol. The molecule has 6 nitrogen and oxygen atoms in total. The predicted molar refractivity (Wildman–Crippen MR) is 87.3 cm³/mol. The highest BCUT2D eigenvalue weighted by Gasteiger charge is 2.37. The molecule has 3 aliphatic heterocycles. The largest absolute Gasteiger partial charge is 0.330 e. The molecule has 3 heterocycles. The Morgan fingerprint density at radius 1 is 1.00 bits per heavy atom. The van der Waals surface area contributed by atoms with Crippen LogP contribution in [0.3, 0.4) is 0 Å². The Morgan fingerprint density at radius 2 is 1.71 bits per heavy atom. The lowest BCUT2D eigenvalue weighted by atomic mass is 9.88. The van der Waals surface area contributed by atoms with Gasteiger partial charge in [-0.05, 0) is 49.0 Å². The van der Waals surface area contributed by atoms with Crippen molar-refractivity contribution in [1.29, 1.82) is 0 Å². The molecule has 0 aliphatic carbocycles. The van der Waals surface area contributed by atoms with E-state index < -0.39 is 0 Å². The maximum Gasteiger partial charge on any atom is 0.254 e. The quantitative estimate of drug-likeness (QED) is 0.792. The van der Waals surface area contributed by atoms with E-state index in [-0.39, 0.29) is 36.6 Å². The Kier molecular flexibility index (Phi) is 3.84. The van der Waals surface area contributed by atoms with E-state index in [1.165, 1.54) is 5.56 Å². The average Bonchev–Trinajstić information content (AvgIpc) is 2.91. The van der Waals surface area contributed by atoms with Crippen LogP contribution in [-0.2, 0) is 16.1 Å². The van der Waals surface area contributed by atoms with Gasteiger partial charge in [0.15, 0.2) is 0 Å². The fraction of sp³-hybridized carbons (Fsp3) is 0.500. The molecule has 24 heavy (non-hydrogen) atoms. The molecule has 1 aromatic carbocycles. The summed E-state index contributed by atoms with van der Waals surface area (Å²) in [5.41, 5.74) is 3.03. The number of benzene rings is 1. The third-order valence-electron chi connectivity index (χ3n) is 5.33. The summed E-state index contributed by atoms with van der Waals surface area (Å²) >= 11 is 0. The van der Waals surface area contributed by atoms with Crippen LogP contribution in [-0.4, -0.2) is 41.8 Å². The minimum absolute atomic E-state index is 0.0608. The number of piperidine rings is 2. The van der Waals surface area contributed by atoms with Crippen LogP contribution < -0.4 is 10.6 Å². The Labute approximate surface area is 140 Å². The van der Waals surface area contributed by atoms with Gasteiger partial charge in [0.25, 0.3) is 5.91 Å². The molecule has 0 saturated carbocycles. The van der Waals surface area contributed by atoms with Gasteiger partial charge in [-0.1, -0.05) is 12.1 Å². The maximum atomic E-state index is 12.7. The molecule has 0 spiro atoms. The van der Waals surface area contributed by atoms with Gasteiger partial charge in [0, 0.05) is 31.0 Å². The summed E-state index contributed by atoms with van der Waals surface area (Å²) in [7, 11) is 0. The number of hydrogen-bond donors (Lipinski definition) is 2. The predicted octanol–water partition coefficient (Wildman–Crippen LogP) is 0.915. The van der Waals surface area contributed by atoms with Crippen molar-refractivity contribution in [2.24, 2.45) is 0 Å². The Hall–Kier alpha value is -2.21. The summed E-state index contributed by atoms with van der Waals surface area (Å²) in [4.78, 5) is 37.6. The van der Waals surface area contributed by atoms with Crippen LogP contribution in [0.1, 0.15) is 53.1 Å². The number of imide groups is 1. The smallest absolute Gasteiger partial charge is 0.254 e. The normalized spacial score (nSPS) is 22.7. The number of nitrogens with zero attached hydrogens (tertiary/aromatic N) is 1. The molecular formula is C18H21N3O3. The Bertz CT molecular complexity index is 693. The molecule has 4 rings (SSSR count). The summed E-state index contributed by atoms with van der Waals surface area (Å²) in [6, 6.07) is 5.80. The van der Waals surface area contributed by atoms with E-state index in [1.807, 2.05) is 6.07 Å². The number of fused-ring (bicyclic) bond motifs is 1. The van der Waals surface area contributed by atoms with Gasteiger partial charge < -0.3 is 10.2 Å². The molecule has 126 valence electrons. The van der Waals surface area contributed by atoms with Gasteiger partial charge in [-0.15, -0.1) is 0 Å². The molecule has 6 heteroatoms. The summed E-state index contributed by atoms with van der Waals surface area (Å²) in [5.74, 6) is -0.108. The lowest BCUT2D eigenvalue weighted by molar-refractivity contribution is -0.135. The van der Waals surface area contributed by atoms with Crippen LogP contribution in [0.2, 0.25) is 0 Å². The van der Waals surface area contributed by atoms with Crippen LogP contribution in [0.5, 0.6) is 0 Å². The van der Waals surface area contributed by atoms with E-state index in [0.29, 0.717) is 18.0 Å². The monoisotopic (exact) mass is 327 g/mol. The number of carbonyl (C=O) groups excluding carboxylic acids is 3. The highest BCUT2D eigenvalue weighted by Crippen LogP contribution is 2.32. The van der Waals surface area contributed by atoms with Gasteiger partial charge in [0.05, 0.1) is 0 Å². The van der Waals surface area contributed by atoms with E-state index in [2.05, 4.69) is 22.8 Å². The molecule has 2 N–H and O–H groups in total. The third-order valence-corrected chi connectivity index (χ3v) is 5.33. The molecule has 0 atom stereocenters. The zero-order valence-corrected chi connectivity index (χ0v) is 13.5. The zero-order chi connectivity index (χ0) is 16.7. The maximum absolute atomic E-state index is 12.7. The SMILES string of the molecule is O=C1CC(N2Cc3cc(C4CCNCC4)ccc3C2=O)CC(=O)N1. The average molecular weight is 327 g/mol. The first-order chi connectivity index (χ1) is 11.6. The molecule has 0 bridgehead atoms. The number of amides is 3. The summed E-state index contributed by atoms with van der Waals surface area (Å²) in [6.45, 7) is 2.57. The second kappa shape index (κ2) is 6.02. The van der Waals surface area contributed by atoms with Gasteiger partial charge in [0.2, 0.25) is 11.8 Å². The van der Waals surface area contributed by atoms with Gasteiger partial charge >= 0.3 is 0 Å². The first-order valence-corrected chi connectivity index (χ1v) is 8.59. The highest BCUT2D eigenvalue weighted by atomic mass is 16.2. The minimum Gasteiger partial charge on any atom is -0.330 e. The Morgan fingerprint density at radius 3 is 2.42 bits per heavy atom. The standard InChI is InChI=1S/C18H21N3O3/c22-16-8-14(9-17(23)20-16)21-10-13-7-12(1-2-15(13)18(21)24)11-3-5-19-6-4-11/h1-2,7,11,14,19H,3-6,8-10H2,(H,20,22,23). The number of rotatable bonds is 2. The van der Waals surface area contributed by atoms with Crippen LogP contribution in [0.4, 0.5) is 0 Å². The van der Waals surface area contributed by atoms with E-state index in [1.54, 1.807) is 4.90 Å². The fourth-order valence-corrected chi connectivity index (χ4v) is 4.05. The van der Waals surface area contributed by atoms with Crippen LogP contribution in [0.25, 0.3) is 0 Å².